The summed E-state index contributed by atoms with van der Waals surface area (Å²) in [6, 6.07) is 20.2. The van der Waals surface area contributed by atoms with Gasteiger partial charge in [-0.05, 0) is 47.2 Å². The van der Waals surface area contributed by atoms with Crippen molar-refractivity contribution in [2.45, 2.75) is 16.2 Å². The van der Waals surface area contributed by atoms with Crippen LogP contribution in [-0.4, -0.2) is 20.1 Å². The maximum atomic E-state index is 12.0. The number of hydrogen-bond donors (Lipinski definition) is 2. The number of anilines is 1. The number of nitrogens with one attached hydrogen (secondary N) is 1. The molecule has 0 fully saturated rings. The molecular formula is C19H18N2O3S2. The Kier molecular flexibility index (Phi) is 5.61. The van der Waals surface area contributed by atoms with Gasteiger partial charge in [-0.15, -0.1) is 11.8 Å². The normalized spacial score (nSPS) is 11.4. The standard InChI is InChI=1S/C19H18N2O3S2/c20-26(23,24)18-9-6-16(7-10-18)21-19(22)11-12-25-17-8-5-14-3-1-2-4-15(14)13-17/h1-10,13H,11-12H2,(H,21,22)(H2,20,23,24). The number of amides is 1. The number of benzene rings is 3. The highest BCUT2D eigenvalue weighted by Gasteiger charge is 2.08. The van der Waals surface area contributed by atoms with Crippen molar-refractivity contribution in [3.05, 3.63) is 66.7 Å². The number of nitrogens with two attached hydrogens (primary N) is 1. The van der Waals surface area contributed by atoms with E-state index in [4.69, 9.17) is 5.14 Å². The minimum Gasteiger partial charge on any atom is -0.326 e. The fraction of sp³-hybridized carbons (Fsp3) is 0.105. The van der Waals surface area contributed by atoms with Gasteiger partial charge in [0.15, 0.2) is 0 Å². The molecule has 26 heavy (non-hydrogen) atoms. The monoisotopic (exact) mass is 386 g/mol. The van der Waals surface area contributed by atoms with E-state index >= 15 is 0 Å². The Bertz CT molecular complexity index is 1030. The van der Waals surface area contributed by atoms with Gasteiger partial charge in [-0.3, -0.25) is 4.79 Å². The highest BCUT2D eigenvalue weighted by Crippen LogP contribution is 2.24. The summed E-state index contributed by atoms with van der Waals surface area (Å²) < 4.78 is 22.4. The Hall–Kier alpha value is -2.35. The molecule has 3 rings (SSSR count). The predicted octanol–water partition coefficient (Wildman–Crippen LogP) is 3.61. The molecule has 0 radical (unpaired) electrons. The molecule has 0 unspecified atom stereocenters. The summed E-state index contributed by atoms with van der Waals surface area (Å²) >= 11 is 1.62. The third-order valence-electron chi connectivity index (χ3n) is 3.79. The molecule has 0 spiro atoms. The lowest BCUT2D eigenvalue weighted by atomic mass is 10.1. The van der Waals surface area contributed by atoms with E-state index in [0.29, 0.717) is 17.9 Å². The first kappa shape index (κ1) is 18.4. The van der Waals surface area contributed by atoms with Gasteiger partial charge in [-0.2, -0.15) is 0 Å². The summed E-state index contributed by atoms with van der Waals surface area (Å²) in [5.41, 5.74) is 0.540. The molecule has 0 atom stereocenters. The lowest BCUT2D eigenvalue weighted by Gasteiger charge is -2.07. The van der Waals surface area contributed by atoms with Gasteiger partial charge in [0.1, 0.15) is 0 Å². The fourth-order valence-electron chi connectivity index (χ4n) is 2.47. The largest absolute Gasteiger partial charge is 0.326 e. The number of primary sulfonamides is 1. The van der Waals surface area contributed by atoms with Gasteiger partial charge in [0.25, 0.3) is 0 Å². The number of sulfonamides is 1. The molecule has 0 bridgehead atoms. The Labute approximate surface area is 156 Å². The lowest BCUT2D eigenvalue weighted by Crippen LogP contribution is -2.14. The Morgan fingerprint density at radius 3 is 2.35 bits per heavy atom. The van der Waals surface area contributed by atoms with Gasteiger partial charge in [0.05, 0.1) is 4.90 Å². The second-order valence-corrected chi connectivity index (χ2v) is 8.45. The zero-order valence-electron chi connectivity index (χ0n) is 13.9. The van der Waals surface area contributed by atoms with E-state index in [1.54, 1.807) is 11.8 Å². The summed E-state index contributed by atoms with van der Waals surface area (Å²) in [5.74, 6) is 0.529. The molecule has 7 heteroatoms. The number of thioether (sulfide) groups is 1. The van der Waals surface area contributed by atoms with Crippen LogP contribution in [0.1, 0.15) is 6.42 Å². The van der Waals surface area contributed by atoms with E-state index in [1.807, 2.05) is 12.1 Å². The molecule has 0 aliphatic heterocycles. The van der Waals surface area contributed by atoms with Crippen molar-refractivity contribution in [2.24, 2.45) is 5.14 Å². The van der Waals surface area contributed by atoms with Gasteiger partial charge in [0, 0.05) is 22.8 Å². The van der Waals surface area contributed by atoms with Crippen LogP contribution in [0, 0.1) is 0 Å². The van der Waals surface area contributed by atoms with E-state index in [9.17, 15) is 13.2 Å². The molecule has 0 saturated carbocycles. The van der Waals surface area contributed by atoms with Crippen molar-refractivity contribution in [2.75, 3.05) is 11.1 Å². The highest BCUT2D eigenvalue weighted by atomic mass is 32.2. The topological polar surface area (TPSA) is 89.3 Å². The Morgan fingerprint density at radius 2 is 1.65 bits per heavy atom. The van der Waals surface area contributed by atoms with Crippen molar-refractivity contribution in [1.29, 1.82) is 0 Å². The van der Waals surface area contributed by atoms with Crippen molar-refractivity contribution in [3.8, 4) is 0 Å². The van der Waals surface area contributed by atoms with Gasteiger partial charge >= 0.3 is 0 Å². The fourth-order valence-corrected chi connectivity index (χ4v) is 3.88. The van der Waals surface area contributed by atoms with Crippen LogP contribution < -0.4 is 10.5 Å². The van der Waals surface area contributed by atoms with E-state index in [1.165, 1.54) is 35.0 Å². The number of hydrogen-bond acceptors (Lipinski definition) is 4. The number of fused-ring (bicyclic) bond motifs is 1. The highest BCUT2D eigenvalue weighted by molar-refractivity contribution is 7.99. The summed E-state index contributed by atoms with van der Waals surface area (Å²) in [6.07, 6.45) is 0.356. The van der Waals surface area contributed by atoms with Crippen LogP contribution in [0.5, 0.6) is 0 Å². The second kappa shape index (κ2) is 7.90. The molecule has 5 nitrogen and oxygen atoms in total. The Balaban J connectivity index is 1.52. The van der Waals surface area contributed by atoms with Crippen LogP contribution in [0.15, 0.2) is 76.5 Å². The summed E-state index contributed by atoms with van der Waals surface area (Å²) in [7, 11) is -3.72. The molecule has 0 saturated heterocycles. The minimum absolute atomic E-state index is 0.0161. The van der Waals surface area contributed by atoms with Crippen molar-refractivity contribution in [1.82, 2.24) is 0 Å². The molecule has 1 amide bonds. The molecule has 3 aromatic carbocycles. The summed E-state index contributed by atoms with van der Waals surface area (Å²) in [4.78, 5) is 13.2. The van der Waals surface area contributed by atoms with E-state index in [0.717, 1.165) is 4.90 Å². The van der Waals surface area contributed by atoms with Crippen molar-refractivity contribution in [3.63, 3.8) is 0 Å². The van der Waals surface area contributed by atoms with Gasteiger partial charge < -0.3 is 5.32 Å². The molecule has 0 aliphatic rings. The van der Waals surface area contributed by atoms with Gasteiger partial charge in [-0.1, -0.05) is 30.3 Å². The molecule has 3 aromatic rings. The second-order valence-electron chi connectivity index (χ2n) is 5.72. The first-order chi connectivity index (χ1) is 12.4. The number of carbonyl (C=O) groups is 1. The van der Waals surface area contributed by atoms with Gasteiger partial charge in [-0.25, -0.2) is 13.6 Å². The molecule has 0 heterocycles. The van der Waals surface area contributed by atoms with Crippen LogP contribution in [-0.2, 0) is 14.8 Å². The smallest absolute Gasteiger partial charge is 0.238 e. The third kappa shape index (κ3) is 4.85. The van der Waals surface area contributed by atoms with E-state index in [2.05, 4.69) is 35.6 Å². The molecule has 0 aromatic heterocycles. The predicted molar refractivity (Wildman–Crippen MR) is 106 cm³/mol. The van der Waals surface area contributed by atoms with E-state index in [-0.39, 0.29) is 10.8 Å². The molecule has 134 valence electrons. The number of carbonyl (C=O) groups excluding carboxylic acids is 1. The van der Waals surface area contributed by atoms with Crippen LogP contribution in [0.25, 0.3) is 10.8 Å². The zero-order valence-corrected chi connectivity index (χ0v) is 15.5. The van der Waals surface area contributed by atoms with Crippen LogP contribution in [0.3, 0.4) is 0 Å². The molecule has 3 N–H and O–H groups in total. The third-order valence-corrected chi connectivity index (χ3v) is 5.71. The van der Waals surface area contributed by atoms with Gasteiger partial charge in [0.2, 0.25) is 15.9 Å². The Morgan fingerprint density at radius 1 is 0.962 bits per heavy atom. The van der Waals surface area contributed by atoms with Crippen LogP contribution >= 0.6 is 11.8 Å². The minimum atomic E-state index is -3.72. The average Bonchev–Trinajstić information content (AvgIpc) is 2.61. The summed E-state index contributed by atoms with van der Waals surface area (Å²) in [6.45, 7) is 0. The van der Waals surface area contributed by atoms with Crippen LogP contribution in [0.2, 0.25) is 0 Å². The first-order valence-electron chi connectivity index (χ1n) is 7.96. The maximum Gasteiger partial charge on any atom is 0.238 e. The average molecular weight is 386 g/mol. The first-order valence-corrected chi connectivity index (χ1v) is 10.5. The summed E-state index contributed by atoms with van der Waals surface area (Å²) in [5, 5.41) is 10.2. The lowest BCUT2D eigenvalue weighted by molar-refractivity contribution is -0.115. The number of rotatable bonds is 6. The van der Waals surface area contributed by atoms with E-state index < -0.39 is 10.0 Å². The molecule has 0 aliphatic carbocycles. The van der Waals surface area contributed by atoms with Crippen LogP contribution in [0.4, 0.5) is 5.69 Å². The maximum absolute atomic E-state index is 12.0. The van der Waals surface area contributed by atoms with Crippen molar-refractivity contribution < 1.29 is 13.2 Å². The SMILES string of the molecule is NS(=O)(=O)c1ccc(NC(=O)CCSc2ccc3ccccc3c2)cc1. The molecular weight excluding hydrogens is 368 g/mol. The zero-order chi connectivity index (χ0) is 18.6. The quantitative estimate of drug-likeness (QED) is 0.633. The van der Waals surface area contributed by atoms with Crippen molar-refractivity contribution >= 4 is 44.2 Å².